The molecule has 0 radical (unpaired) electrons. The highest BCUT2D eigenvalue weighted by Crippen LogP contribution is 2.36. The van der Waals surface area contributed by atoms with Gasteiger partial charge in [-0.2, -0.15) is 5.10 Å². The summed E-state index contributed by atoms with van der Waals surface area (Å²) in [5.74, 6) is 1.00. The molecule has 0 atom stereocenters. The van der Waals surface area contributed by atoms with E-state index in [1.165, 1.54) is 12.8 Å². The molecule has 1 aromatic carbocycles. The number of quaternary nitrogens is 1. The topological polar surface area (TPSA) is 34.4 Å². The zero-order valence-corrected chi connectivity index (χ0v) is 14.7. The van der Waals surface area contributed by atoms with E-state index in [9.17, 15) is 4.79 Å². The van der Waals surface area contributed by atoms with Crippen molar-refractivity contribution in [3.63, 3.8) is 0 Å². The number of benzene rings is 1. The molecule has 2 aliphatic heterocycles. The van der Waals surface area contributed by atoms with Crippen LogP contribution < -0.4 is 0 Å². The van der Waals surface area contributed by atoms with Gasteiger partial charge >= 0.3 is 5.91 Å². The Morgan fingerprint density at radius 1 is 1.08 bits per heavy atom. The summed E-state index contributed by atoms with van der Waals surface area (Å²) in [6.07, 6.45) is 8.13. The van der Waals surface area contributed by atoms with Gasteiger partial charge in [-0.15, -0.1) is 0 Å². The molecule has 0 unspecified atom stereocenters. The Morgan fingerprint density at radius 3 is 2.58 bits per heavy atom. The third-order valence-corrected chi connectivity index (χ3v) is 6.02. The van der Waals surface area contributed by atoms with Gasteiger partial charge in [-0.3, -0.25) is 4.48 Å². The number of piperidine rings is 1. The second-order valence-corrected chi connectivity index (χ2v) is 7.55. The highest BCUT2D eigenvalue weighted by molar-refractivity contribution is 5.92. The van der Waals surface area contributed by atoms with Gasteiger partial charge in [-0.25, -0.2) is 9.31 Å². The van der Waals surface area contributed by atoms with E-state index in [4.69, 9.17) is 5.10 Å². The van der Waals surface area contributed by atoms with Crippen molar-refractivity contribution >= 4 is 17.5 Å². The Kier molecular flexibility index (Phi) is 3.54. The van der Waals surface area contributed by atoms with Crippen molar-refractivity contribution in [2.45, 2.75) is 12.8 Å². The highest BCUT2D eigenvalue weighted by Gasteiger charge is 2.48. The minimum Gasteiger partial charge on any atom is -0.256 e. The van der Waals surface area contributed by atoms with E-state index in [0.29, 0.717) is 4.48 Å². The molecule has 5 rings (SSSR count). The standard InChI is InChI=1S/C22H22N3O/c26-21(25-14-11-17(16-25)12-15-25)10-9-19-20-8-4-5-13-24(20)23-22(19)18-6-2-1-3-7-18/h1-10,13,17H,11-12,14-16H2/q+1. The summed E-state index contributed by atoms with van der Waals surface area (Å²) in [6.45, 7) is 3.05. The van der Waals surface area contributed by atoms with Gasteiger partial charge in [0.25, 0.3) is 0 Å². The average Bonchev–Trinajstić information content (AvgIpc) is 3.40. The summed E-state index contributed by atoms with van der Waals surface area (Å²) in [5.41, 5.74) is 4.02. The molecule has 0 N–H and O–H groups in total. The van der Waals surface area contributed by atoms with Crippen LogP contribution in [0.15, 0.2) is 60.8 Å². The number of carbonyl (C=O) groups is 1. The van der Waals surface area contributed by atoms with Gasteiger partial charge in [0, 0.05) is 42.2 Å². The van der Waals surface area contributed by atoms with Gasteiger partial charge < -0.3 is 0 Å². The molecular weight excluding hydrogens is 322 g/mol. The first-order valence-electron chi connectivity index (χ1n) is 9.37. The number of hydrogen-bond acceptors (Lipinski definition) is 2. The van der Waals surface area contributed by atoms with Crippen LogP contribution in [0.3, 0.4) is 0 Å². The van der Waals surface area contributed by atoms with E-state index in [-0.39, 0.29) is 5.91 Å². The van der Waals surface area contributed by atoms with Crippen LogP contribution in [-0.2, 0) is 4.79 Å². The van der Waals surface area contributed by atoms with Crippen LogP contribution in [-0.4, -0.2) is 39.6 Å². The molecule has 2 bridgehead atoms. The minimum atomic E-state index is 0.249. The predicted octanol–water partition coefficient (Wildman–Crippen LogP) is 3.78. The number of carbonyl (C=O) groups excluding carboxylic acids is 1. The fourth-order valence-electron chi connectivity index (χ4n) is 4.59. The fraction of sp³-hybridized carbons (Fsp3) is 0.273. The lowest BCUT2D eigenvalue weighted by Gasteiger charge is -2.27. The summed E-state index contributed by atoms with van der Waals surface area (Å²) < 4.78 is 2.54. The maximum atomic E-state index is 13.0. The van der Waals surface area contributed by atoms with E-state index in [0.717, 1.165) is 47.9 Å². The lowest BCUT2D eigenvalue weighted by Crippen LogP contribution is -2.47. The van der Waals surface area contributed by atoms with E-state index in [1.54, 1.807) is 6.08 Å². The third-order valence-electron chi connectivity index (χ3n) is 6.02. The monoisotopic (exact) mass is 344 g/mol. The molecule has 130 valence electrons. The molecule has 4 nitrogen and oxygen atoms in total. The van der Waals surface area contributed by atoms with Crippen LogP contribution in [0.4, 0.5) is 0 Å². The molecule has 0 aliphatic carbocycles. The largest absolute Gasteiger partial charge is 0.338 e. The SMILES string of the molecule is O=C(C=Cc1c(-c2ccccc2)nn2ccccc12)[N+]12CCC(CC1)C2. The lowest BCUT2D eigenvalue weighted by molar-refractivity contribution is -0.831. The molecule has 2 aliphatic rings. The molecule has 1 amide bonds. The molecule has 3 aromatic rings. The fourth-order valence-corrected chi connectivity index (χ4v) is 4.59. The van der Waals surface area contributed by atoms with Gasteiger partial charge in [-0.1, -0.05) is 36.4 Å². The van der Waals surface area contributed by atoms with Gasteiger partial charge in [-0.05, 0) is 18.2 Å². The van der Waals surface area contributed by atoms with Gasteiger partial charge in [0.2, 0.25) is 0 Å². The smallest absolute Gasteiger partial charge is 0.256 e. The average molecular weight is 344 g/mol. The van der Waals surface area contributed by atoms with Crippen LogP contribution in [0.25, 0.3) is 22.9 Å². The normalized spacial score (nSPS) is 24.7. The second-order valence-electron chi connectivity index (χ2n) is 7.55. The van der Waals surface area contributed by atoms with Crippen molar-refractivity contribution in [1.82, 2.24) is 9.61 Å². The van der Waals surface area contributed by atoms with Crippen LogP contribution in [0.5, 0.6) is 0 Å². The van der Waals surface area contributed by atoms with Crippen molar-refractivity contribution in [3.8, 4) is 11.3 Å². The summed E-state index contributed by atoms with van der Waals surface area (Å²) in [5, 5.41) is 4.75. The first kappa shape index (κ1) is 15.5. The number of aromatic nitrogens is 2. The Labute approximate surface area is 153 Å². The Hall–Kier alpha value is -2.72. The summed E-state index contributed by atoms with van der Waals surface area (Å²) in [7, 11) is 0. The maximum Gasteiger partial charge on any atom is 0.338 e. The maximum absolute atomic E-state index is 13.0. The molecule has 26 heavy (non-hydrogen) atoms. The minimum absolute atomic E-state index is 0.249. The molecule has 4 heterocycles. The third kappa shape index (κ3) is 2.41. The van der Waals surface area contributed by atoms with Crippen molar-refractivity contribution in [3.05, 3.63) is 66.4 Å². The van der Waals surface area contributed by atoms with E-state index >= 15 is 0 Å². The van der Waals surface area contributed by atoms with Crippen LogP contribution in [0.2, 0.25) is 0 Å². The number of rotatable bonds is 3. The molecule has 0 spiro atoms. The lowest BCUT2D eigenvalue weighted by atomic mass is 10.1. The zero-order valence-electron chi connectivity index (χ0n) is 14.7. The molecular formula is C22H22N3O+. The molecule has 2 aromatic heterocycles. The first-order chi connectivity index (χ1) is 12.8. The van der Waals surface area contributed by atoms with Crippen LogP contribution >= 0.6 is 0 Å². The number of amides is 1. The summed E-state index contributed by atoms with van der Waals surface area (Å²) in [6, 6.07) is 16.2. The molecule has 4 heteroatoms. The van der Waals surface area contributed by atoms with Gasteiger partial charge in [0.1, 0.15) is 5.69 Å². The molecule has 0 saturated carbocycles. The van der Waals surface area contributed by atoms with Gasteiger partial charge in [0.05, 0.1) is 25.2 Å². The Balaban J connectivity index is 1.56. The quantitative estimate of drug-likeness (QED) is 0.535. The van der Waals surface area contributed by atoms with Crippen molar-refractivity contribution in [2.24, 2.45) is 5.92 Å². The zero-order chi connectivity index (χ0) is 17.6. The van der Waals surface area contributed by atoms with Crippen LogP contribution in [0, 0.1) is 5.92 Å². The van der Waals surface area contributed by atoms with Crippen molar-refractivity contribution in [1.29, 1.82) is 0 Å². The van der Waals surface area contributed by atoms with Crippen molar-refractivity contribution in [2.75, 3.05) is 19.6 Å². The summed E-state index contributed by atoms with van der Waals surface area (Å²) in [4.78, 5) is 13.0. The highest BCUT2D eigenvalue weighted by atomic mass is 16.2. The number of nitrogens with zero attached hydrogens (tertiary/aromatic N) is 3. The van der Waals surface area contributed by atoms with E-state index in [1.807, 2.05) is 47.1 Å². The predicted molar refractivity (Wildman–Crippen MR) is 102 cm³/mol. The van der Waals surface area contributed by atoms with Crippen LogP contribution in [0.1, 0.15) is 18.4 Å². The number of pyridine rings is 1. The van der Waals surface area contributed by atoms with E-state index < -0.39 is 0 Å². The first-order valence-corrected chi connectivity index (χ1v) is 9.37. The molecule has 2 saturated heterocycles. The summed E-state index contributed by atoms with van der Waals surface area (Å²) >= 11 is 0. The number of fused-ring (bicyclic) bond motifs is 3. The Bertz CT molecular complexity index is 995. The van der Waals surface area contributed by atoms with Gasteiger partial charge in [0.15, 0.2) is 0 Å². The van der Waals surface area contributed by atoms with E-state index in [2.05, 4.69) is 18.2 Å². The second kappa shape index (κ2) is 5.92. The van der Waals surface area contributed by atoms with Crippen molar-refractivity contribution < 1.29 is 9.28 Å². The number of hydrogen-bond donors (Lipinski definition) is 0. The Morgan fingerprint density at radius 2 is 1.85 bits per heavy atom. The molecule has 2 fully saturated rings.